The van der Waals surface area contributed by atoms with Crippen molar-refractivity contribution >= 4 is 39.5 Å². The number of phosphoric acid groups is 2. The number of ether oxygens (including phenoxy) is 4. The number of esters is 4. The lowest BCUT2D eigenvalue weighted by molar-refractivity contribution is -0.161. The molecule has 106 heavy (non-hydrogen) atoms. The number of hydrogen-bond donors (Lipinski definition) is 3. The van der Waals surface area contributed by atoms with E-state index in [1.807, 2.05) is 0 Å². The Kier molecular flexibility index (Phi) is 78.2. The van der Waals surface area contributed by atoms with Crippen molar-refractivity contribution in [1.29, 1.82) is 0 Å². The van der Waals surface area contributed by atoms with Crippen molar-refractivity contribution in [2.45, 2.75) is 490 Å². The van der Waals surface area contributed by atoms with Gasteiger partial charge in [0, 0.05) is 25.7 Å². The van der Waals surface area contributed by atoms with Crippen LogP contribution >= 0.6 is 15.6 Å². The molecule has 3 unspecified atom stereocenters. The van der Waals surface area contributed by atoms with Gasteiger partial charge in [-0.25, -0.2) is 9.13 Å². The van der Waals surface area contributed by atoms with Crippen molar-refractivity contribution in [2.24, 2.45) is 5.92 Å². The van der Waals surface area contributed by atoms with E-state index < -0.39 is 97.5 Å². The van der Waals surface area contributed by atoms with Gasteiger partial charge in [0.05, 0.1) is 26.4 Å². The molecule has 0 spiro atoms. The minimum absolute atomic E-state index is 0.109. The lowest BCUT2D eigenvalue weighted by Crippen LogP contribution is -2.30. The normalized spacial score (nSPS) is 14.0. The first-order valence-corrected chi connectivity index (χ1v) is 48.2. The molecule has 6 atom stereocenters. The number of rotatable bonds is 87. The van der Waals surface area contributed by atoms with E-state index in [4.69, 9.17) is 37.0 Å². The predicted octanol–water partition coefficient (Wildman–Crippen LogP) is 26.8. The molecule has 0 saturated heterocycles. The van der Waals surface area contributed by atoms with E-state index >= 15 is 0 Å². The molecule has 0 aromatic heterocycles. The average Bonchev–Trinajstić information content (AvgIpc) is 0.900. The maximum absolute atomic E-state index is 13.2. The quantitative estimate of drug-likeness (QED) is 0.0222. The van der Waals surface area contributed by atoms with E-state index in [0.29, 0.717) is 25.7 Å². The first-order valence-electron chi connectivity index (χ1n) is 45.2. The molecular formula is C87H170O17P2. The van der Waals surface area contributed by atoms with E-state index in [0.717, 1.165) is 95.8 Å². The highest BCUT2D eigenvalue weighted by atomic mass is 31.2. The minimum atomic E-state index is -4.97. The highest BCUT2D eigenvalue weighted by molar-refractivity contribution is 7.47. The van der Waals surface area contributed by atoms with Crippen molar-refractivity contribution in [3.8, 4) is 0 Å². The molecule has 0 aromatic carbocycles. The summed E-state index contributed by atoms with van der Waals surface area (Å²) in [6.07, 6.45) is 73.5. The second-order valence-corrected chi connectivity index (χ2v) is 34.4. The lowest BCUT2D eigenvalue weighted by atomic mass is 9.99. The molecule has 0 amide bonds. The van der Waals surface area contributed by atoms with Crippen LogP contribution in [0.25, 0.3) is 0 Å². The number of aliphatic hydroxyl groups excluding tert-OH is 1. The standard InChI is InChI=1S/C87H170O17P2/c1-6-10-13-16-19-22-25-28-31-34-37-40-43-46-49-55-60-65-70-84(89)97-76-82(103-86(91)72-67-62-57-50-47-44-41-38-35-32-29-26-23-20-17-14-11-7-2)78-101-105(93,94)99-74-81(88)75-100-106(95,96)102-79-83(77-98-85(90)71-66-61-56-53-52-54-59-64-69-80(5)9-4)104-87(92)73-68-63-58-51-48-45-42-39-36-33-30-27-24-21-18-15-12-8-3/h80-83,88H,6-79H2,1-5H3,(H,93,94)(H,95,96)/t80?,81-,82-,83-/m1/s1. The van der Waals surface area contributed by atoms with Crippen LogP contribution in [0.5, 0.6) is 0 Å². The number of carbonyl (C=O) groups is 4. The molecule has 630 valence electrons. The molecule has 0 saturated carbocycles. The molecule has 0 radical (unpaired) electrons. The fourth-order valence-electron chi connectivity index (χ4n) is 13.6. The smallest absolute Gasteiger partial charge is 0.462 e. The van der Waals surface area contributed by atoms with Gasteiger partial charge in [0.15, 0.2) is 12.2 Å². The van der Waals surface area contributed by atoms with Gasteiger partial charge < -0.3 is 33.8 Å². The summed E-state index contributed by atoms with van der Waals surface area (Å²) in [4.78, 5) is 73.3. The van der Waals surface area contributed by atoms with E-state index in [9.17, 15) is 43.2 Å². The van der Waals surface area contributed by atoms with Crippen LogP contribution in [0.4, 0.5) is 0 Å². The highest BCUT2D eigenvalue weighted by Crippen LogP contribution is 2.45. The Morgan fingerprint density at radius 3 is 0.670 bits per heavy atom. The fourth-order valence-corrected chi connectivity index (χ4v) is 15.2. The van der Waals surface area contributed by atoms with E-state index in [-0.39, 0.29) is 25.7 Å². The summed E-state index contributed by atoms with van der Waals surface area (Å²) >= 11 is 0. The van der Waals surface area contributed by atoms with Gasteiger partial charge in [0.25, 0.3) is 0 Å². The summed E-state index contributed by atoms with van der Waals surface area (Å²) in [5.41, 5.74) is 0. The first-order chi connectivity index (χ1) is 51.6. The Morgan fingerprint density at radius 1 is 0.264 bits per heavy atom. The van der Waals surface area contributed by atoms with Crippen LogP contribution < -0.4 is 0 Å². The number of phosphoric ester groups is 2. The Hall–Kier alpha value is -1.94. The highest BCUT2D eigenvalue weighted by Gasteiger charge is 2.30. The van der Waals surface area contributed by atoms with Gasteiger partial charge in [0.1, 0.15) is 19.3 Å². The number of unbranched alkanes of at least 4 members (excludes halogenated alkanes) is 58. The topological polar surface area (TPSA) is 237 Å². The van der Waals surface area contributed by atoms with Gasteiger partial charge in [-0.3, -0.25) is 37.3 Å². The fraction of sp³-hybridized carbons (Fsp3) is 0.954. The summed E-state index contributed by atoms with van der Waals surface area (Å²) in [7, 11) is -9.93. The van der Waals surface area contributed by atoms with Crippen molar-refractivity contribution < 1.29 is 80.2 Å². The molecular weight excluding hydrogens is 1380 g/mol. The van der Waals surface area contributed by atoms with Crippen LogP contribution in [-0.2, 0) is 65.4 Å². The molecule has 0 aromatic rings. The molecule has 0 fully saturated rings. The van der Waals surface area contributed by atoms with Crippen molar-refractivity contribution in [3.05, 3.63) is 0 Å². The Morgan fingerprint density at radius 2 is 0.453 bits per heavy atom. The van der Waals surface area contributed by atoms with Crippen LogP contribution in [0.1, 0.15) is 471 Å². The van der Waals surface area contributed by atoms with Crippen LogP contribution in [0.15, 0.2) is 0 Å². The number of aliphatic hydroxyl groups is 1. The van der Waals surface area contributed by atoms with Crippen molar-refractivity contribution in [2.75, 3.05) is 39.6 Å². The largest absolute Gasteiger partial charge is 0.472 e. The second-order valence-electron chi connectivity index (χ2n) is 31.5. The monoisotopic (exact) mass is 1550 g/mol. The Labute approximate surface area is 651 Å². The summed E-state index contributed by atoms with van der Waals surface area (Å²) in [6, 6.07) is 0. The molecule has 19 heteroatoms. The minimum Gasteiger partial charge on any atom is -0.462 e. The Balaban J connectivity index is 5.26. The van der Waals surface area contributed by atoms with Gasteiger partial charge in [-0.2, -0.15) is 0 Å². The summed E-state index contributed by atoms with van der Waals surface area (Å²) in [5, 5.41) is 10.7. The molecule has 0 aliphatic rings. The molecule has 0 bridgehead atoms. The van der Waals surface area contributed by atoms with Crippen LogP contribution in [0.2, 0.25) is 0 Å². The van der Waals surface area contributed by atoms with Gasteiger partial charge in [-0.15, -0.1) is 0 Å². The zero-order chi connectivity index (χ0) is 77.6. The predicted molar refractivity (Wildman–Crippen MR) is 437 cm³/mol. The molecule has 0 aliphatic heterocycles. The SMILES string of the molecule is CCCCCCCCCCCCCCCCCCCCC(=O)OC[C@H](COP(=O)(O)OC[C@@H](O)COP(=O)(O)OC[C@@H](COC(=O)CCCCCCCCCCC(C)CC)OC(=O)CCCCCCCCCCCCCCCCCCCC)OC(=O)CCCCCCCCCCCCCCCCCCCC. The average molecular weight is 1550 g/mol. The third kappa shape index (κ3) is 78.7. The van der Waals surface area contributed by atoms with Crippen molar-refractivity contribution in [1.82, 2.24) is 0 Å². The summed E-state index contributed by atoms with van der Waals surface area (Å²) in [5.74, 6) is -1.32. The summed E-state index contributed by atoms with van der Waals surface area (Å²) < 4.78 is 69.0. The number of carbonyl (C=O) groups excluding carboxylic acids is 4. The van der Waals surface area contributed by atoms with E-state index in [1.165, 1.54) is 295 Å². The lowest BCUT2D eigenvalue weighted by Gasteiger charge is -2.21. The van der Waals surface area contributed by atoms with Crippen LogP contribution in [0.3, 0.4) is 0 Å². The Bertz CT molecular complexity index is 2020. The third-order valence-corrected chi connectivity index (χ3v) is 22.8. The van der Waals surface area contributed by atoms with Gasteiger partial charge in [-0.05, 0) is 31.6 Å². The van der Waals surface area contributed by atoms with Crippen molar-refractivity contribution in [3.63, 3.8) is 0 Å². The van der Waals surface area contributed by atoms with Gasteiger partial charge in [-0.1, -0.05) is 420 Å². The number of hydrogen-bond acceptors (Lipinski definition) is 15. The molecule has 0 aliphatic carbocycles. The summed E-state index contributed by atoms with van der Waals surface area (Å²) in [6.45, 7) is 7.38. The second kappa shape index (κ2) is 79.7. The first kappa shape index (κ1) is 104. The maximum atomic E-state index is 13.2. The third-order valence-electron chi connectivity index (χ3n) is 20.9. The molecule has 17 nitrogen and oxygen atoms in total. The van der Waals surface area contributed by atoms with E-state index in [1.54, 1.807) is 0 Å². The van der Waals surface area contributed by atoms with Gasteiger partial charge in [0.2, 0.25) is 0 Å². The maximum Gasteiger partial charge on any atom is 0.472 e. The van der Waals surface area contributed by atoms with Gasteiger partial charge >= 0.3 is 39.5 Å². The molecule has 0 rings (SSSR count). The zero-order valence-corrected chi connectivity index (χ0v) is 71.4. The van der Waals surface area contributed by atoms with Crippen LogP contribution in [0, 0.1) is 5.92 Å². The molecule has 3 N–H and O–H groups in total. The van der Waals surface area contributed by atoms with E-state index in [2.05, 4.69) is 34.6 Å². The zero-order valence-electron chi connectivity index (χ0n) is 69.6. The van der Waals surface area contributed by atoms with Crippen LogP contribution in [-0.4, -0.2) is 96.7 Å². The molecule has 0 heterocycles.